The second kappa shape index (κ2) is 8.10. The van der Waals surface area contributed by atoms with Gasteiger partial charge in [-0.2, -0.15) is 0 Å². The van der Waals surface area contributed by atoms with E-state index in [4.69, 9.17) is 25.5 Å². The van der Waals surface area contributed by atoms with Crippen molar-refractivity contribution >= 4 is 5.97 Å². The van der Waals surface area contributed by atoms with Gasteiger partial charge in [-0.1, -0.05) is 0 Å². The Balaban J connectivity index is 0. The first kappa shape index (κ1) is 17.3. The van der Waals surface area contributed by atoms with Crippen molar-refractivity contribution in [1.29, 1.82) is 0 Å². The molecule has 0 aliphatic carbocycles. The van der Waals surface area contributed by atoms with Crippen LogP contribution in [0, 0.1) is 0 Å². The van der Waals surface area contributed by atoms with Gasteiger partial charge in [0.15, 0.2) is 0 Å². The molecular weight excluding hydrogens is 223 g/mol. The number of hydrogen-bond donors (Lipinski definition) is 5. The van der Waals surface area contributed by atoms with Crippen LogP contribution < -0.4 is 56.5 Å². The van der Waals surface area contributed by atoms with E-state index in [-0.39, 0.29) is 51.4 Å². The fourth-order valence-corrected chi connectivity index (χ4v) is 0.662. The molecule has 0 saturated carbocycles. The number of hydrogen-bond acceptors (Lipinski definition) is 7. The molecule has 0 heterocycles. The van der Waals surface area contributed by atoms with Crippen molar-refractivity contribution in [1.82, 2.24) is 0 Å². The maximum absolute atomic E-state index is 9.98. The molecule has 78 valence electrons. The molecule has 0 fully saturated rings. The Morgan fingerprint density at radius 3 is 1.86 bits per heavy atom. The van der Waals surface area contributed by atoms with E-state index >= 15 is 0 Å². The fourth-order valence-electron chi connectivity index (χ4n) is 0.662. The standard InChI is InChI=1S/C6H12O7.K/c7-1-2(8)3(9)4(10)5(11)6(12)13;/h2-5,7-11H,1H2,(H,12,13);/q;+1/p-1/t2-,3-,4-,5-;/m1./s1. The van der Waals surface area contributed by atoms with Gasteiger partial charge >= 0.3 is 51.4 Å². The van der Waals surface area contributed by atoms with Gasteiger partial charge in [0, 0.05) is 0 Å². The molecule has 0 aliphatic rings. The van der Waals surface area contributed by atoms with E-state index in [0.29, 0.717) is 0 Å². The zero-order valence-corrected chi connectivity index (χ0v) is 10.7. The maximum Gasteiger partial charge on any atom is 1.00 e. The Bertz CT molecular complexity index is 176. The van der Waals surface area contributed by atoms with Crippen molar-refractivity contribution in [2.75, 3.05) is 6.61 Å². The predicted octanol–water partition coefficient (Wildman–Crippen LogP) is -7.82. The minimum Gasteiger partial charge on any atom is -0.547 e. The van der Waals surface area contributed by atoms with Gasteiger partial charge in [-0.3, -0.25) is 0 Å². The average Bonchev–Trinajstić information content (AvgIpc) is 2.12. The van der Waals surface area contributed by atoms with Crippen LogP contribution in [0.1, 0.15) is 0 Å². The first-order valence-electron chi connectivity index (χ1n) is 3.45. The summed E-state index contributed by atoms with van der Waals surface area (Å²) in [7, 11) is 0. The molecule has 0 rings (SSSR count). The molecule has 0 saturated heterocycles. The van der Waals surface area contributed by atoms with E-state index in [2.05, 4.69) is 0 Å². The third-order valence-corrected chi connectivity index (χ3v) is 1.50. The van der Waals surface area contributed by atoms with Gasteiger partial charge in [-0.05, 0) is 0 Å². The number of carboxylic acid groups (broad SMARTS) is 1. The zero-order chi connectivity index (χ0) is 10.6. The zero-order valence-electron chi connectivity index (χ0n) is 7.57. The second-order valence-electron chi connectivity index (χ2n) is 2.49. The minimum absolute atomic E-state index is 0. The summed E-state index contributed by atoms with van der Waals surface area (Å²) in [5.41, 5.74) is 0. The van der Waals surface area contributed by atoms with Crippen LogP contribution in [-0.4, -0.2) is 62.5 Å². The van der Waals surface area contributed by atoms with Gasteiger partial charge in [-0.25, -0.2) is 0 Å². The van der Waals surface area contributed by atoms with Crippen molar-refractivity contribution in [2.24, 2.45) is 0 Å². The van der Waals surface area contributed by atoms with Gasteiger partial charge in [-0.15, -0.1) is 0 Å². The van der Waals surface area contributed by atoms with Crippen LogP contribution >= 0.6 is 0 Å². The van der Waals surface area contributed by atoms with Gasteiger partial charge in [0.05, 0.1) is 12.6 Å². The molecular formula is C6H11KO7. The van der Waals surface area contributed by atoms with Crippen molar-refractivity contribution in [2.45, 2.75) is 24.4 Å². The monoisotopic (exact) mass is 234 g/mol. The Kier molecular flexibility index (Phi) is 10.0. The number of carboxylic acids is 1. The second-order valence-corrected chi connectivity index (χ2v) is 2.49. The molecule has 0 aliphatic heterocycles. The Morgan fingerprint density at radius 1 is 1.14 bits per heavy atom. The topological polar surface area (TPSA) is 141 Å². The molecule has 7 nitrogen and oxygen atoms in total. The summed E-state index contributed by atoms with van der Waals surface area (Å²) in [6.07, 6.45) is -8.08. The molecule has 0 aromatic heterocycles. The number of rotatable bonds is 5. The molecule has 0 aromatic rings. The van der Waals surface area contributed by atoms with Crippen LogP contribution in [0.2, 0.25) is 0 Å². The summed E-state index contributed by atoms with van der Waals surface area (Å²) in [6, 6.07) is 0. The van der Waals surface area contributed by atoms with Gasteiger partial charge in [0.2, 0.25) is 0 Å². The van der Waals surface area contributed by atoms with Crippen LogP contribution in [0.25, 0.3) is 0 Å². The first-order valence-corrected chi connectivity index (χ1v) is 3.45. The maximum atomic E-state index is 9.98. The first-order chi connectivity index (χ1) is 5.91. The summed E-state index contributed by atoms with van der Waals surface area (Å²) in [5, 5.41) is 53.4. The van der Waals surface area contributed by atoms with Gasteiger partial charge in [0.1, 0.15) is 24.4 Å². The van der Waals surface area contributed by atoms with E-state index in [0.717, 1.165) is 0 Å². The van der Waals surface area contributed by atoms with E-state index in [1.165, 1.54) is 0 Å². The molecule has 8 heteroatoms. The molecule has 0 bridgehead atoms. The number of carbonyl (C=O) groups excluding carboxylic acids is 1. The van der Waals surface area contributed by atoms with Gasteiger partial charge < -0.3 is 35.4 Å². The Hall–Kier alpha value is 0.906. The molecule has 0 aromatic carbocycles. The van der Waals surface area contributed by atoms with Crippen LogP contribution in [0.5, 0.6) is 0 Å². The summed E-state index contributed by atoms with van der Waals surface area (Å²) in [5.74, 6) is -1.98. The molecule has 0 spiro atoms. The number of carbonyl (C=O) groups is 1. The number of aliphatic hydroxyl groups excluding tert-OH is 5. The third kappa shape index (κ3) is 5.12. The van der Waals surface area contributed by atoms with Crippen molar-refractivity contribution in [3.8, 4) is 0 Å². The molecule has 0 radical (unpaired) electrons. The van der Waals surface area contributed by atoms with Crippen LogP contribution in [-0.2, 0) is 4.79 Å². The van der Waals surface area contributed by atoms with E-state index in [1.807, 2.05) is 0 Å². The molecule has 14 heavy (non-hydrogen) atoms. The van der Waals surface area contributed by atoms with Gasteiger partial charge in [0.25, 0.3) is 0 Å². The minimum atomic E-state index is -2.31. The molecule has 0 amide bonds. The van der Waals surface area contributed by atoms with E-state index < -0.39 is 37.0 Å². The number of aliphatic carboxylic acids is 1. The summed E-state index contributed by atoms with van der Waals surface area (Å²) < 4.78 is 0. The van der Waals surface area contributed by atoms with Crippen molar-refractivity contribution < 1.29 is 86.8 Å². The molecule has 4 atom stereocenters. The Labute approximate surface area is 122 Å². The van der Waals surface area contributed by atoms with Crippen LogP contribution in [0.3, 0.4) is 0 Å². The SMILES string of the molecule is O=C([O-])[C@H](O)[C@H](O)[C@H](O)[C@H](O)CO.[K+]. The van der Waals surface area contributed by atoms with Crippen molar-refractivity contribution in [3.63, 3.8) is 0 Å². The summed E-state index contributed by atoms with van der Waals surface area (Å²) in [6.45, 7) is -0.863. The normalized spacial score (nSPS) is 18.9. The molecule has 5 N–H and O–H groups in total. The van der Waals surface area contributed by atoms with Crippen LogP contribution in [0.15, 0.2) is 0 Å². The quantitative estimate of drug-likeness (QED) is 0.297. The van der Waals surface area contributed by atoms with E-state index in [9.17, 15) is 9.90 Å². The largest absolute Gasteiger partial charge is 1.00 e. The summed E-state index contributed by atoms with van der Waals surface area (Å²) in [4.78, 5) is 9.98. The van der Waals surface area contributed by atoms with Crippen molar-refractivity contribution in [3.05, 3.63) is 0 Å². The predicted molar refractivity (Wildman–Crippen MR) is 36.1 cm³/mol. The van der Waals surface area contributed by atoms with E-state index in [1.54, 1.807) is 0 Å². The third-order valence-electron chi connectivity index (χ3n) is 1.50. The number of aliphatic hydroxyl groups is 5. The fraction of sp³-hybridized carbons (Fsp3) is 0.833. The smallest absolute Gasteiger partial charge is 0.547 e. The average molecular weight is 234 g/mol. The Morgan fingerprint density at radius 2 is 1.57 bits per heavy atom. The molecule has 0 unspecified atom stereocenters. The summed E-state index contributed by atoms with van der Waals surface area (Å²) >= 11 is 0. The van der Waals surface area contributed by atoms with Crippen LogP contribution in [0.4, 0.5) is 0 Å².